The molecule has 2 nitrogen and oxygen atoms in total. The molecular formula is C8H9BrNOP. The van der Waals surface area contributed by atoms with Crippen molar-refractivity contribution in [3.63, 3.8) is 0 Å². The number of hydrogen-bond donors (Lipinski definition) is 2. The van der Waals surface area contributed by atoms with Gasteiger partial charge in [-0.1, -0.05) is 6.58 Å². The van der Waals surface area contributed by atoms with Gasteiger partial charge in [0.1, 0.15) is 5.76 Å². The lowest BCUT2D eigenvalue weighted by atomic mass is 10.1. The number of aliphatic hydroxyl groups is 1. The van der Waals surface area contributed by atoms with Crippen LogP contribution in [0, 0.1) is 0 Å². The summed E-state index contributed by atoms with van der Waals surface area (Å²) in [6.07, 6.45) is 0. The highest BCUT2D eigenvalue weighted by Crippen LogP contribution is 2.26. The topological polar surface area (TPSA) is 46.2 Å². The highest BCUT2D eigenvalue weighted by molar-refractivity contribution is 9.10. The van der Waals surface area contributed by atoms with E-state index in [0.717, 1.165) is 9.78 Å². The summed E-state index contributed by atoms with van der Waals surface area (Å²) in [6.45, 7) is 3.41. The molecule has 1 aromatic carbocycles. The van der Waals surface area contributed by atoms with E-state index in [-0.39, 0.29) is 5.76 Å². The highest BCUT2D eigenvalue weighted by atomic mass is 79.9. The van der Waals surface area contributed by atoms with E-state index in [1.54, 1.807) is 6.07 Å². The maximum atomic E-state index is 9.15. The number of nitrogens with two attached hydrogens (primary N) is 1. The molecular weight excluding hydrogens is 237 g/mol. The molecule has 4 heteroatoms. The smallest absolute Gasteiger partial charge is 0.117 e. The lowest BCUT2D eigenvalue weighted by Crippen LogP contribution is -2.00. The van der Waals surface area contributed by atoms with Crippen molar-refractivity contribution >= 4 is 41.9 Å². The van der Waals surface area contributed by atoms with Crippen LogP contribution in [0.3, 0.4) is 0 Å². The number of benzene rings is 1. The molecule has 12 heavy (non-hydrogen) atoms. The van der Waals surface area contributed by atoms with E-state index in [1.165, 1.54) is 0 Å². The first-order chi connectivity index (χ1) is 5.52. The lowest BCUT2D eigenvalue weighted by molar-refractivity contribution is 0.514. The molecule has 0 heterocycles. The van der Waals surface area contributed by atoms with Crippen molar-refractivity contribution in [1.82, 2.24) is 0 Å². The number of rotatable bonds is 1. The van der Waals surface area contributed by atoms with Gasteiger partial charge in [-0.3, -0.25) is 0 Å². The molecule has 0 spiro atoms. The first kappa shape index (κ1) is 9.56. The fourth-order valence-corrected chi connectivity index (χ4v) is 1.93. The molecule has 1 rings (SSSR count). The number of halogens is 1. The minimum absolute atomic E-state index is 0.0162. The molecule has 1 aromatic rings. The van der Waals surface area contributed by atoms with Crippen molar-refractivity contribution in [2.75, 3.05) is 5.73 Å². The Morgan fingerprint density at radius 2 is 2.17 bits per heavy atom. The second-order valence-corrected chi connectivity index (χ2v) is 3.93. The number of hydrogen-bond acceptors (Lipinski definition) is 2. The number of nitrogen functional groups attached to an aromatic ring is 1. The highest BCUT2D eigenvalue weighted by Gasteiger charge is 2.06. The first-order valence-corrected chi connectivity index (χ1v) is 4.62. The van der Waals surface area contributed by atoms with Gasteiger partial charge in [-0.2, -0.15) is 0 Å². The minimum Gasteiger partial charge on any atom is -0.508 e. The van der Waals surface area contributed by atoms with Crippen molar-refractivity contribution in [3.8, 4) is 0 Å². The molecule has 0 fully saturated rings. The van der Waals surface area contributed by atoms with Gasteiger partial charge in [-0.25, -0.2) is 0 Å². The number of anilines is 1. The molecule has 0 aliphatic carbocycles. The van der Waals surface area contributed by atoms with Crippen molar-refractivity contribution < 1.29 is 5.11 Å². The summed E-state index contributed by atoms with van der Waals surface area (Å²) < 4.78 is 0.764. The average molecular weight is 246 g/mol. The summed E-state index contributed by atoms with van der Waals surface area (Å²) >= 11 is 3.27. The van der Waals surface area contributed by atoms with Gasteiger partial charge in [0.2, 0.25) is 0 Å². The van der Waals surface area contributed by atoms with Crippen LogP contribution in [-0.4, -0.2) is 5.11 Å². The van der Waals surface area contributed by atoms with Gasteiger partial charge >= 0.3 is 0 Å². The third-order valence-corrected chi connectivity index (χ3v) is 2.45. The predicted octanol–water partition coefficient (Wildman–Crippen LogP) is 2.06. The van der Waals surface area contributed by atoms with Crippen LogP contribution in [-0.2, 0) is 0 Å². The molecule has 0 bridgehead atoms. The SMILES string of the molecule is C=C(O)c1cc(P)cc(Br)c1N. The molecule has 3 N–H and O–H groups in total. The third-order valence-electron chi connectivity index (χ3n) is 1.46. The second-order valence-electron chi connectivity index (χ2n) is 2.41. The van der Waals surface area contributed by atoms with Gasteiger partial charge in [0.05, 0.1) is 5.69 Å². The predicted molar refractivity (Wildman–Crippen MR) is 59.6 cm³/mol. The Bertz CT molecular complexity index is 338. The zero-order valence-corrected chi connectivity index (χ0v) is 9.08. The van der Waals surface area contributed by atoms with Crippen molar-refractivity contribution in [3.05, 3.63) is 28.7 Å². The van der Waals surface area contributed by atoms with E-state index in [0.29, 0.717) is 11.3 Å². The summed E-state index contributed by atoms with van der Waals surface area (Å²) in [5.74, 6) is -0.0162. The fourth-order valence-electron chi connectivity index (χ4n) is 0.878. The maximum Gasteiger partial charge on any atom is 0.117 e. The van der Waals surface area contributed by atoms with Crippen molar-refractivity contribution in [1.29, 1.82) is 0 Å². The Balaban J connectivity index is 3.37. The van der Waals surface area contributed by atoms with Crippen LogP contribution >= 0.6 is 25.2 Å². The van der Waals surface area contributed by atoms with E-state index < -0.39 is 0 Å². The Morgan fingerprint density at radius 3 is 2.67 bits per heavy atom. The van der Waals surface area contributed by atoms with Crippen LogP contribution in [0.25, 0.3) is 5.76 Å². The normalized spacial score (nSPS) is 9.83. The van der Waals surface area contributed by atoms with E-state index >= 15 is 0 Å². The third kappa shape index (κ3) is 1.79. The summed E-state index contributed by atoms with van der Waals surface area (Å²) in [6, 6.07) is 3.61. The first-order valence-electron chi connectivity index (χ1n) is 3.25. The van der Waals surface area contributed by atoms with Crippen LogP contribution in [0.2, 0.25) is 0 Å². The molecule has 0 saturated carbocycles. The summed E-state index contributed by atoms with van der Waals surface area (Å²) in [7, 11) is 2.53. The summed E-state index contributed by atoms with van der Waals surface area (Å²) in [4.78, 5) is 0. The molecule has 1 unspecified atom stereocenters. The maximum absolute atomic E-state index is 9.15. The Morgan fingerprint density at radius 1 is 1.58 bits per heavy atom. The average Bonchev–Trinajstić information content (AvgIpc) is 1.96. The Kier molecular flexibility index (Phi) is 2.76. The summed E-state index contributed by atoms with van der Waals surface area (Å²) in [5.41, 5.74) is 6.75. The fraction of sp³-hybridized carbons (Fsp3) is 0. The number of aliphatic hydroxyl groups excluding tert-OH is 1. The molecule has 0 aliphatic rings. The van der Waals surface area contributed by atoms with E-state index in [2.05, 4.69) is 31.7 Å². The van der Waals surface area contributed by atoms with Crippen LogP contribution in [0.4, 0.5) is 5.69 Å². The van der Waals surface area contributed by atoms with Gasteiger partial charge in [-0.15, -0.1) is 9.24 Å². The van der Waals surface area contributed by atoms with Crippen LogP contribution in [0.15, 0.2) is 23.2 Å². The van der Waals surface area contributed by atoms with Gasteiger partial charge in [0.15, 0.2) is 0 Å². The largest absolute Gasteiger partial charge is 0.508 e. The lowest BCUT2D eigenvalue weighted by Gasteiger charge is -2.06. The van der Waals surface area contributed by atoms with Gasteiger partial charge < -0.3 is 10.8 Å². The van der Waals surface area contributed by atoms with Crippen molar-refractivity contribution in [2.45, 2.75) is 0 Å². The second kappa shape index (κ2) is 3.46. The summed E-state index contributed by atoms with van der Waals surface area (Å²) in [5, 5.41) is 10.1. The molecule has 0 radical (unpaired) electrons. The molecule has 0 aromatic heterocycles. The van der Waals surface area contributed by atoms with Gasteiger partial charge in [0.25, 0.3) is 0 Å². The van der Waals surface area contributed by atoms with Crippen LogP contribution in [0.1, 0.15) is 5.56 Å². The van der Waals surface area contributed by atoms with Crippen molar-refractivity contribution in [2.24, 2.45) is 0 Å². The van der Waals surface area contributed by atoms with Crippen LogP contribution in [0.5, 0.6) is 0 Å². The Hall–Kier alpha value is -0.530. The molecule has 1 atom stereocenters. The monoisotopic (exact) mass is 245 g/mol. The standard InChI is InChI=1S/C8H9BrNOP/c1-4(11)6-2-5(12)3-7(9)8(6)10/h2-3,11H,1,10,12H2. The van der Waals surface area contributed by atoms with E-state index in [1.807, 2.05) is 6.07 Å². The molecule has 64 valence electrons. The molecule has 0 amide bonds. The Labute approximate surface area is 81.8 Å². The molecule has 0 aliphatic heterocycles. The quantitative estimate of drug-likeness (QED) is 0.452. The zero-order valence-electron chi connectivity index (χ0n) is 6.34. The van der Waals surface area contributed by atoms with E-state index in [4.69, 9.17) is 10.8 Å². The zero-order chi connectivity index (χ0) is 9.30. The van der Waals surface area contributed by atoms with Gasteiger partial charge in [0, 0.05) is 10.0 Å². The van der Waals surface area contributed by atoms with E-state index in [9.17, 15) is 0 Å². The molecule has 0 saturated heterocycles. The minimum atomic E-state index is -0.0162. The van der Waals surface area contributed by atoms with Crippen LogP contribution < -0.4 is 11.0 Å². The van der Waals surface area contributed by atoms with Gasteiger partial charge in [-0.05, 0) is 33.4 Å².